The summed E-state index contributed by atoms with van der Waals surface area (Å²) in [5, 5.41) is 7.85. The number of nitrogen functional groups attached to an aromatic ring is 1. The lowest BCUT2D eigenvalue weighted by atomic mass is 10.3. The van der Waals surface area contributed by atoms with Crippen LogP contribution in [0, 0.1) is 0 Å². The molecule has 0 radical (unpaired) electrons. The molecule has 1 aromatic rings. The number of hydrogen-bond acceptors (Lipinski definition) is 5. The maximum absolute atomic E-state index is 5.83. The molecule has 0 bridgehead atoms. The van der Waals surface area contributed by atoms with E-state index in [9.17, 15) is 0 Å². The van der Waals surface area contributed by atoms with Crippen LogP contribution in [-0.2, 0) is 16.1 Å². The van der Waals surface area contributed by atoms with Crippen LogP contribution in [0.3, 0.4) is 0 Å². The average Bonchev–Trinajstić information content (AvgIpc) is 2.61. The van der Waals surface area contributed by atoms with Gasteiger partial charge in [-0.3, -0.25) is 0 Å². The molecule has 0 amide bonds. The standard InChI is InChI=1S/C8H12N4O2/c1-2-12-7(9)6(5-10-12)8-11-14-4-3-13-8/h5H,2-4,9H2,1H3. The number of rotatable bonds is 2. The molecule has 0 saturated heterocycles. The molecule has 76 valence electrons. The van der Waals surface area contributed by atoms with Gasteiger partial charge in [-0.05, 0) is 12.1 Å². The third kappa shape index (κ3) is 1.39. The van der Waals surface area contributed by atoms with Gasteiger partial charge in [0.15, 0.2) is 6.61 Å². The highest BCUT2D eigenvalue weighted by atomic mass is 16.7. The Morgan fingerprint density at radius 3 is 3.00 bits per heavy atom. The summed E-state index contributed by atoms with van der Waals surface area (Å²) in [6.07, 6.45) is 1.63. The first kappa shape index (κ1) is 8.86. The van der Waals surface area contributed by atoms with Crippen LogP contribution in [-0.4, -0.2) is 28.9 Å². The highest BCUT2D eigenvalue weighted by Gasteiger charge is 2.17. The van der Waals surface area contributed by atoms with E-state index in [-0.39, 0.29) is 0 Å². The van der Waals surface area contributed by atoms with Crippen LogP contribution < -0.4 is 5.73 Å². The lowest BCUT2D eigenvalue weighted by molar-refractivity contribution is 0.0656. The van der Waals surface area contributed by atoms with Crippen molar-refractivity contribution in [1.82, 2.24) is 9.78 Å². The SMILES string of the molecule is CCn1ncc(C2=NOCCO2)c1N. The van der Waals surface area contributed by atoms with Crippen LogP contribution in [0.5, 0.6) is 0 Å². The van der Waals surface area contributed by atoms with E-state index in [0.29, 0.717) is 30.5 Å². The first-order valence-corrected chi connectivity index (χ1v) is 4.47. The van der Waals surface area contributed by atoms with Crippen LogP contribution in [0.1, 0.15) is 12.5 Å². The van der Waals surface area contributed by atoms with Crippen molar-refractivity contribution in [2.45, 2.75) is 13.5 Å². The molecule has 0 aromatic carbocycles. The monoisotopic (exact) mass is 196 g/mol. The summed E-state index contributed by atoms with van der Waals surface area (Å²) in [6, 6.07) is 0. The predicted octanol–water partition coefficient (Wildman–Crippen LogP) is 0.194. The van der Waals surface area contributed by atoms with E-state index in [2.05, 4.69) is 10.3 Å². The van der Waals surface area contributed by atoms with Gasteiger partial charge in [-0.1, -0.05) is 0 Å². The summed E-state index contributed by atoms with van der Waals surface area (Å²) in [5.74, 6) is 0.963. The summed E-state index contributed by atoms with van der Waals surface area (Å²) in [6.45, 7) is 3.66. The third-order valence-corrected chi connectivity index (χ3v) is 1.97. The lowest BCUT2D eigenvalue weighted by Crippen LogP contribution is -2.18. The Bertz CT molecular complexity index is 358. The van der Waals surface area contributed by atoms with E-state index in [1.165, 1.54) is 0 Å². The fourth-order valence-electron chi connectivity index (χ4n) is 1.24. The Hall–Kier alpha value is -1.72. The van der Waals surface area contributed by atoms with E-state index in [1.807, 2.05) is 6.92 Å². The Morgan fingerprint density at radius 2 is 2.43 bits per heavy atom. The molecule has 0 atom stereocenters. The average molecular weight is 196 g/mol. The fraction of sp³-hybridized carbons (Fsp3) is 0.500. The number of hydrogen-bond donors (Lipinski definition) is 1. The number of anilines is 1. The van der Waals surface area contributed by atoms with Crippen molar-refractivity contribution in [1.29, 1.82) is 0 Å². The van der Waals surface area contributed by atoms with Gasteiger partial charge in [0.25, 0.3) is 5.90 Å². The van der Waals surface area contributed by atoms with E-state index in [0.717, 1.165) is 6.54 Å². The van der Waals surface area contributed by atoms with Crippen molar-refractivity contribution >= 4 is 11.7 Å². The van der Waals surface area contributed by atoms with Gasteiger partial charge < -0.3 is 15.3 Å². The Morgan fingerprint density at radius 1 is 1.57 bits per heavy atom. The molecule has 2 heterocycles. The molecule has 1 aliphatic heterocycles. The minimum Gasteiger partial charge on any atom is -0.471 e. The van der Waals surface area contributed by atoms with E-state index in [1.54, 1.807) is 10.9 Å². The molecule has 0 unspecified atom stereocenters. The molecule has 1 aliphatic rings. The number of nitrogens with two attached hydrogens (primary N) is 1. The number of ether oxygens (including phenoxy) is 1. The normalized spacial score (nSPS) is 15.6. The minimum atomic E-state index is 0.411. The van der Waals surface area contributed by atoms with Gasteiger partial charge in [-0.2, -0.15) is 5.10 Å². The first-order chi connectivity index (χ1) is 6.83. The van der Waals surface area contributed by atoms with Gasteiger partial charge in [-0.15, -0.1) is 0 Å². The van der Waals surface area contributed by atoms with Crippen molar-refractivity contribution in [3.8, 4) is 0 Å². The molecule has 0 fully saturated rings. The minimum absolute atomic E-state index is 0.411. The molecule has 6 heteroatoms. The Labute approximate surface area is 81.3 Å². The third-order valence-electron chi connectivity index (χ3n) is 1.97. The maximum atomic E-state index is 5.83. The largest absolute Gasteiger partial charge is 0.471 e. The molecule has 2 N–H and O–H groups in total. The van der Waals surface area contributed by atoms with Crippen LogP contribution in [0.15, 0.2) is 11.4 Å². The highest BCUT2D eigenvalue weighted by Crippen LogP contribution is 2.14. The fourth-order valence-corrected chi connectivity index (χ4v) is 1.24. The quantitative estimate of drug-likeness (QED) is 0.732. The van der Waals surface area contributed by atoms with Gasteiger partial charge in [0.1, 0.15) is 18.0 Å². The molecule has 0 aliphatic carbocycles. The van der Waals surface area contributed by atoms with E-state index >= 15 is 0 Å². The summed E-state index contributed by atoms with van der Waals surface area (Å²) in [7, 11) is 0. The topological polar surface area (TPSA) is 74.7 Å². The summed E-state index contributed by atoms with van der Waals surface area (Å²) in [4.78, 5) is 4.90. The van der Waals surface area contributed by atoms with Gasteiger partial charge in [0.2, 0.25) is 0 Å². The van der Waals surface area contributed by atoms with Crippen molar-refractivity contribution in [2.24, 2.45) is 5.16 Å². The second kappa shape index (κ2) is 3.57. The first-order valence-electron chi connectivity index (χ1n) is 4.47. The molecule has 2 rings (SSSR count). The summed E-state index contributed by atoms with van der Waals surface area (Å²) >= 11 is 0. The summed E-state index contributed by atoms with van der Waals surface area (Å²) in [5.41, 5.74) is 6.52. The number of oxime groups is 1. The number of nitrogens with zero attached hydrogens (tertiary/aromatic N) is 3. The lowest BCUT2D eigenvalue weighted by Gasteiger charge is -2.12. The molecule has 0 saturated carbocycles. The zero-order valence-electron chi connectivity index (χ0n) is 7.93. The predicted molar refractivity (Wildman–Crippen MR) is 50.8 cm³/mol. The second-order valence-corrected chi connectivity index (χ2v) is 2.84. The van der Waals surface area contributed by atoms with Crippen molar-refractivity contribution in [3.05, 3.63) is 11.8 Å². The maximum Gasteiger partial charge on any atom is 0.263 e. The van der Waals surface area contributed by atoms with E-state index < -0.39 is 0 Å². The highest BCUT2D eigenvalue weighted by molar-refractivity contribution is 5.97. The van der Waals surface area contributed by atoms with Crippen molar-refractivity contribution in [2.75, 3.05) is 18.9 Å². The van der Waals surface area contributed by atoms with Crippen molar-refractivity contribution < 1.29 is 9.57 Å². The number of aryl methyl sites for hydroxylation is 1. The molecule has 14 heavy (non-hydrogen) atoms. The molecule has 0 spiro atoms. The molecular formula is C8H12N4O2. The second-order valence-electron chi connectivity index (χ2n) is 2.84. The van der Waals surface area contributed by atoms with Gasteiger partial charge in [0, 0.05) is 6.54 Å². The Kier molecular flexibility index (Phi) is 2.26. The molecule has 1 aromatic heterocycles. The van der Waals surface area contributed by atoms with Crippen LogP contribution in [0.2, 0.25) is 0 Å². The van der Waals surface area contributed by atoms with Crippen molar-refractivity contribution in [3.63, 3.8) is 0 Å². The smallest absolute Gasteiger partial charge is 0.263 e. The summed E-state index contributed by atoms with van der Waals surface area (Å²) < 4.78 is 6.97. The molecular weight excluding hydrogens is 184 g/mol. The van der Waals surface area contributed by atoms with Crippen LogP contribution in [0.4, 0.5) is 5.82 Å². The van der Waals surface area contributed by atoms with E-state index in [4.69, 9.17) is 15.3 Å². The Balaban J connectivity index is 2.31. The zero-order valence-corrected chi connectivity index (χ0v) is 7.93. The van der Waals surface area contributed by atoms with Gasteiger partial charge in [0.05, 0.1) is 6.20 Å². The number of aromatic nitrogens is 2. The van der Waals surface area contributed by atoms with Crippen LogP contribution in [0.25, 0.3) is 0 Å². The van der Waals surface area contributed by atoms with Gasteiger partial charge >= 0.3 is 0 Å². The zero-order chi connectivity index (χ0) is 9.97. The molecule has 6 nitrogen and oxygen atoms in total. The van der Waals surface area contributed by atoms with Crippen LogP contribution >= 0.6 is 0 Å². The van der Waals surface area contributed by atoms with Gasteiger partial charge in [-0.25, -0.2) is 4.68 Å².